The van der Waals surface area contributed by atoms with E-state index in [1.54, 1.807) is 6.07 Å². The Bertz CT molecular complexity index is 1010. The fourth-order valence-corrected chi connectivity index (χ4v) is 3.69. The van der Waals surface area contributed by atoms with Gasteiger partial charge in [-0.2, -0.15) is 0 Å². The third-order valence-electron chi connectivity index (χ3n) is 5.17. The third-order valence-corrected chi connectivity index (χ3v) is 5.17. The van der Waals surface area contributed by atoms with Crippen LogP contribution in [0.1, 0.15) is 52.9 Å². The maximum Gasteiger partial charge on any atom is 0.487 e. The minimum Gasteiger partial charge on any atom is -0.295 e. The number of pyridine rings is 1. The molecule has 0 aliphatic heterocycles. The molecule has 154 valence electrons. The van der Waals surface area contributed by atoms with Gasteiger partial charge in [-0.3, -0.25) is 9.20 Å². The number of alkyl halides is 3. The zero-order valence-corrected chi connectivity index (χ0v) is 16.7. The van der Waals surface area contributed by atoms with Gasteiger partial charge in [-0.15, -0.1) is 13.2 Å². The monoisotopic (exact) mass is 403 g/mol. The van der Waals surface area contributed by atoms with Crippen molar-refractivity contribution >= 4 is 11.6 Å². The number of amides is 1. The van der Waals surface area contributed by atoms with Crippen molar-refractivity contribution in [2.45, 2.75) is 45.8 Å². The maximum atomic E-state index is 13.6. The number of imidazole rings is 1. The first-order valence-electron chi connectivity index (χ1n) is 9.56. The lowest BCUT2D eigenvalue weighted by Gasteiger charge is -2.26. The minimum absolute atomic E-state index is 0.00348. The number of rotatable bonds is 6. The number of nitrogens with zero attached hydrogens (tertiary/aromatic N) is 3. The predicted octanol–water partition coefficient (Wildman–Crippen LogP) is 5.50. The van der Waals surface area contributed by atoms with E-state index in [1.165, 1.54) is 28.9 Å². The Morgan fingerprint density at radius 2 is 1.97 bits per heavy atom. The fourth-order valence-electron chi connectivity index (χ4n) is 3.69. The molecule has 29 heavy (non-hydrogen) atoms. The molecule has 1 unspecified atom stereocenters. The predicted molar refractivity (Wildman–Crippen MR) is 106 cm³/mol. The second-order valence-electron chi connectivity index (χ2n) is 7.39. The van der Waals surface area contributed by atoms with Gasteiger partial charge in [0, 0.05) is 18.9 Å². The molecule has 0 saturated carbocycles. The van der Waals surface area contributed by atoms with Gasteiger partial charge in [0.25, 0.3) is 5.91 Å². The van der Waals surface area contributed by atoms with Crippen LogP contribution in [0.4, 0.5) is 13.2 Å². The molecule has 0 bridgehead atoms. The average molecular weight is 403 g/mol. The Hall–Kier alpha value is -2.83. The van der Waals surface area contributed by atoms with Gasteiger partial charge in [-0.25, -0.2) is 9.88 Å². The first kappa shape index (κ1) is 20.9. The molecule has 1 amide bonds. The van der Waals surface area contributed by atoms with Crippen molar-refractivity contribution in [2.24, 2.45) is 0 Å². The summed E-state index contributed by atoms with van der Waals surface area (Å²) in [5.74, 6) is -0.960. The molecule has 2 aromatic heterocycles. The van der Waals surface area contributed by atoms with Crippen molar-refractivity contribution < 1.29 is 18.0 Å². The van der Waals surface area contributed by atoms with Crippen molar-refractivity contribution in [1.82, 2.24) is 14.3 Å². The summed E-state index contributed by atoms with van der Waals surface area (Å²) in [5.41, 5.74) is 3.79. The summed E-state index contributed by atoms with van der Waals surface area (Å²) in [4.78, 5) is 16.7. The van der Waals surface area contributed by atoms with Crippen molar-refractivity contribution in [2.75, 3.05) is 6.54 Å². The highest BCUT2D eigenvalue weighted by Crippen LogP contribution is 2.28. The van der Waals surface area contributed by atoms with Gasteiger partial charge in [0.15, 0.2) is 0 Å². The Kier molecular flexibility index (Phi) is 5.96. The highest BCUT2D eigenvalue weighted by molar-refractivity contribution is 5.93. The van der Waals surface area contributed by atoms with Gasteiger partial charge < -0.3 is 0 Å². The Balaban J connectivity index is 1.73. The highest BCUT2D eigenvalue weighted by Gasteiger charge is 2.41. The molecule has 4 nitrogen and oxygen atoms in total. The smallest absolute Gasteiger partial charge is 0.295 e. The molecule has 0 spiro atoms. The largest absolute Gasteiger partial charge is 0.487 e. The van der Waals surface area contributed by atoms with Gasteiger partial charge >= 0.3 is 6.30 Å². The van der Waals surface area contributed by atoms with Gasteiger partial charge in [0.2, 0.25) is 0 Å². The molecule has 7 heteroatoms. The molecule has 3 rings (SSSR count). The average Bonchev–Trinajstić information content (AvgIpc) is 3.12. The Labute approximate surface area is 168 Å². The maximum absolute atomic E-state index is 13.6. The number of benzene rings is 1. The molecule has 0 aliphatic carbocycles. The summed E-state index contributed by atoms with van der Waals surface area (Å²) in [5, 5.41) is 0. The quantitative estimate of drug-likeness (QED) is 0.510. The number of carbonyl (C=O) groups excluding carboxylic acids is 1. The zero-order chi connectivity index (χ0) is 21.2. The van der Waals surface area contributed by atoms with Crippen LogP contribution in [0.5, 0.6) is 0 Å². The van der Waals surface area contributed by atoms with Crippen molar-refractivity contribution in [3.8, 4) is 0 Å². The van der Waals surface area contributed by atoms with E-state index < -0.39 is 12.2 Å². The van der Waals surface area contributed by atoms with Crippen LogP contribution in [0.15, 0.2) is 48.8 Å². The summed E-state index contributed by atoms with van der Waals surface area (Å²) >= 11 is 0. The minimum atomic E-state index is -4.75. The van der Waals surface area contributed by atoms with Gasteiger partial charge in [0.1, 0.15) is 11.3 Å². The van der Waals surface area contributed by atoms with Crippen LogP contribution in [0.3, 0.4) is 0 Å². The molecular weight excluding hydrogens is 379 g/mol. The van der Waals surface area contributed by atoms with Crippen LogP contribution in [0.2, 0.25) is 0 Å². The number of hydrogen-bond donors (Lipinski definition) is 0. The molecule has 1 atom stereocenters. The van der Waals surface area contributed by atoms with Crippen LogP contribution in [-0.2, 0) is 0 Å². The van der Waals surface area contributed by atoms with E-state index in [0.717, 1.165) is 16.7 Å². The molecule has 3 aromatic rings. The lowest BCUT2D eigenvalue weighted by Crippen LogP contribution is -2.44. The molecule has 1 aromatic carbocycles. The van der Waals surface area contributed by atoms with E-state index in [2.05, 4.69) is 11.1 Å². The van der Waals surface area contributed by atoms with E-state index in [-0.39, 0.29) is 29.5 Å². The third kappa shape index (κ3) is 4.60. The van der Waals surface area contributed by atoms with Crippen LogP contribution in [-0.4, -0.2) is 33.0 Å². The van der Waals surface area contributed by atoms with Crippen molar-refractivity contribution in [3.05, 3.63) is 71.2 Å². The van der Waals surface area contributed by atoms with Gasteiger partial charge in [-0.1, -0.05) is 36.8 Å². The standard InChI is InChI=1S/C22H24F3N3O/c1-15-9-10-18(17(3)14-15)16(2)6-5-12-28(22(23,24)25)21(29)19-7-4-8-20-26-11-13-27(19)20/h4,7-11,13-14,16H,5-6,12H2,1-3H3. The molecule has 0 N–H and O–H groups in total. The van der Waals surface area contributed by atoms with E-state index >= 15 is 0 Å². The summed E-state index contributed by atoms with van der Waals surface area (Å²) in [6, 6.07) is 10.7. The highest BCUT2D eigenvalue weighted by atomic mass is 19.4. The van der Waals surface area contributed by atoms with Crippen molar-refractivity contribution in [3.63, 3.8) is 0 Å². The van der Waals surface area contributed by atoms with E-state index in [4.69, 9.17) is 0 Å². The number of hydrogen-bond acceptors (Lipinski definition) is 2. The summed E-state index contributed by atoms with van der Waals surface area (Å²) in [6.45, 7) is 5.64. The molecule has 0 fully saturated rings. The van der Waals surface area contributed by atoms with Gasteiger partial charge in [0.05, 0.1) is 0 Å². The molecule has 2 heterocycles. The summed E-state index contributed by atoms with van der Waals surface area (Å²) < 4.78 is 42.2. The lowest BCUT2D eigenvalue weighted by atomic mass is 9.91. The molecule has 0 radical (unpaired) electrons. The van der Waals surface area contributed by atoms with E-state index in [0.29, 0.717) is 12.1 Å². The Morgan fingerprint density at radius 1 is 1.21 bits per heavy atom. The van der Waals surface area contributed by atoms with Crippen LogP contribution in [0.25, 0.3) is 5.65 Å². The summed E-state index contributed by atoms with van der Waals surface area (Å²) in [6.07, 6.45) is -1.00. The first-order valence-corrected chi connectivity index (χ1v) is 9.56. The summed E-state index contributed by atoms with van der Waals surface area (Å²) in [7, 11) is 0. The topological polar surface area (TPSA) is 37.6 Å². The number of fused-ring (bicyclic) bond motifs is 1. The number of carbonyl (C=O) groups is 1. The van der Waals surface area contributed by atoms with Crippen molar-refractivity contribution in [1.29, 1.82) is 0 Å². The second-order valence-corrected chi connectivity index (χ2v) is 7.39. The van der Waals surface area contributed by atoms with Crippen LogP contribution >= 0.6 is 0 Å². The van der Waals surface area contributed by atoms with Crippen LogP contribution in [0, 0.1) is 13.8 Å². The van der Waals surface area contributed by atoms with E-state index in [1.807, 2.05) is 32.9 Å². The molecular formula is C22H24F3N3O. The van der Waals surface area contributed by atoms with Crippen LogP contribution < -0.4 is 0 Å². The first-order chi connectivity index (χ1) is 13.7. The zero-order valence-electron chi connectivity index (χ0n) is 16.7. The fraction of sp³-hybridized carbons (Fsp3) is 0.364. The molecule has 0 saturated heterocycles. The normalized spacial score (nSPS) is 12.9. The SMILES string of the molecule is Cc1ccc(C(C)CCCN(C(=O)c2cccc3nccn23)C(F)(F)F)c(C)c1. The van der Waals surface area contributed by atoms with Gasteiger partial charge in [-0.05, 0) is 55.9 Å². The Morgan fingerprint density at radius 3 is 2.66 bits per heavy atom. The molecule has 0 aliphatic rings. The lowest BCUT2D eigenvalue weighted by molar-refractivity contribution is -0.224. The second kappa shape index (κ2) is 8.27. The number of aryl methyl sites for hydroxylation is 2. The number of aromatic nitrogens is 2. The van der Waals surface area contributed by atoms with E-state index in [9.17, 15) is 18.0 Å². The number of halogens is 3.